The Morgan fingerprint density at radius 2 is 1.69 bits per heavy atom. The highest BCUT2D eigenvalue weighted by molar-refractivity contribution is 4.72. The van der Waals surface area contributed by atoms with Crippen LogP contribution in [0.5, 0.6) is 0 Å². The molecule has 1 fully saturated rings. The third-order valence-electron chi connectivity index (χ3n) is 3.18. The van der Waals surface area contributed by atoms with Gasteiger partial charge in [-0.1, -0.05) is 19.8 Å². The maximum Gasteiger partial charge on any atom is 0.180 e. The van der Waals surface area contributed by atoms with E-state index in [0.29, 0.717) is 31.8 Å². The summed E-state index contributed by atoms with van der Waals surface area (Å²) in [4.78, 5) is 0. The molecule has 1 aliphatic rings. The molecule has 0 bridgehead atoms. The first kappa shape index (κ1) is 13.9. The molecule has 3 nitrogen and oxygen atoms in total. The van der Waals surface area contributed by atoms with Gasteiger partial charge in [-0.15, -0.1) is 0 Å². The van der Waals surface area contributed by atoms with Gasteiger partial charge in [-0.05, 0) is 32.6 Å². The van der Waals surface area contributed by atoms with E-state index in [1.165, 1.54) is 25.7 Å². The van der Waals surface area contributed by atoms with Crippen molar-refractivity contribution in [1.29, 1.82) is 0 Å². The molecule has 1 saturated carbocycles. The van der Waals surface area contributed by atoms with Crippen LogP contribution in [-0.2, 0) is 14.2 Å². The molecule has 0 spiro atoms. The van der Waals surface area contributed by atoms with Crippen molar-refractivity contribution in [2.75, 3.05) is 19.8 Å². The molecular weight excluding hydrogens is 204 g/mol. The highest BCUT2D eigenvalue weighted by atomic mass is 16.7. The second kappa shape index (κ2) is 8.04. The molecule has 0 amide bonds. The van der Waals surface area contributed by atoms with Crippen molar-refractivity contribution in [1.82, 2.24) is 0 Å². The van der Waals surface area contributed by atoms with Gasteiger partial charge in [-0.2, -0.15) is 0 Å². The average Bonchev–Trinajstić information content (AvgIpc) is 2.28. The van der Waals surface area contributed by atoms with Gasteiger partial charge in [0.05, 0.1) is 12.7 Å². The summed E-state index contributed by atoms with van der Waals surface area (Å²) >= 11 is 0. The third-order valence-corrected chi connectivity index (χ3v) is 3.18. The van der Waals surface area contributed by atoms with Gasteiger partial charge in [0.2, 0.25) is 0 Å². The van der Waals surface area contributed by atoms with E-state index in [1.807, 2.05) is 13.8 Å². The lowest BCUT2D eigenvalue weighted by atomic mass is 9.88. The molecule has 96 valence electrons. The molecule has 0 heterocycles. The number of rotatable bonds is 7. The van der Waals surface area contributed by atoms with E-state index in [0.717, 1.165) is 0 Å². The summed E-state index contributed by atoms with van der Waals surface area (Å²) in [6.45, 7) is 8.16. The summed E-state index contributed by atoms with van der Waals surface area (Å²) < 4.78 is 16.8. The van der Waals surface area contributed by atoms with Crippen LogP contribution in [0, 0.1) is 5.92 Å². The Hall–Kier alpha value is -0.120. The maximum absolute atomic E-state index is 5.91. The first-order valence-corrected chi connectivity index (χ1v) is 6.62. The Morgan fingerprint density at radius 1 is 1.06 bits per heavy atom. The summed E-state index contributed by atoms with van der Waals surface area (Å²) in [5, 5.41) is 0. The van der Waals surface area contributed by atoms with Crippen molar-refractivity contribution in [2.45, 2.75) is 58.8 Å². The molecule has 1 rings (SSSR count). The molecule has 3 heteroatoms. The van der Waals surface area contributed by atoms with E-state index in [-0.39, 0.29) is 6.29 Å². The van der Waals surface area contributed by atoms with Gasteiger partial charge in [-0.3, -0.25) is 0 Å². The summed E-state index contributed by atoms with van der Waals surface area (Å²) in [6, 6.07) is 0. The van der Waals surface area contributed by atoms with Gasteiger partial charge >= 0.3 is 0 Å². The topological polar surface area (TPSA) is 27.7 Å². The molecule has 0 aromatic heterocycles. The molecule has 2 unspecified atom stereocenters. The lowest BCUT2D eigenvalue weighted by molar-refractivity contribution is -0.182. The Bertz CT molecular complexity index is 167. The Kier molecular flexibility index (Phi) is 7.01. The molecule has 16 heavy (non-hydrogen) atoms. The summed E-state index contributed by atoms with van der Waals surface area (Å²) in [5.41, 5.74) is 0. The quantitative estimate of drug-likeness (QED) is 0.629. The Labute approximate surface area is 99.5 Å². The zero-order valence-electron chi connectivity index (χ0n) is 10.9. The molecule has 0 aromatic rings. The SMILES string of the molecule is CCOC(COC1CCCCC1C)OCC. The summed E-state index contributed by atoms with van der Waals surface area (Å²) in [6.07, 6.45) is 5.33. The fourth-order valence-corrected chi connectivity index (χ4v) is 2.25. The first-order valence-electron chi connectivity index (χ1n) is 6.62. The van der Waals surface area contributed by atoms with Gasteiger partial charge in [0.25, 0.3) is 0 Å². The van der Waals surface area contributed by atoms with Crippen molar-refractivity contribution in [3.05, 3.63) is 0 Å². The van der Waals surface area contributed by atoms with Gasteiger partial charge in [0.1, 0.15) is 0 Å². The number of hydrogen-bond acceptors (Lipinski definition) is 3. The second-order valence-electron chi connectivity index (χ2n) is 4.47. The monoisotopic (exact) mass is 230 g/mol. The van der Waals surface area contributed by atoms with Crippen LogP contribution in [0.3, 0.4) is 0 Å². The van der Waals surface area contributed by atoms with E-state index < -0.39 is 0 Å². The van der Waals surface area contributed by atoms with Gasteiger partial charge in [0.15, 0.2) is 6.29 Å². The maximum atomic E-state index is 5.91. The van der Waals surface area contributed by atoms with Crippen molar-refractivity contribution >= 4 is 0 Å². The highest BCUT2D eigenvalue weighted by Gasteiger charge is 2.23. The Balaban J connectivity index is 2.23. The summed E-state index contributed by atoms with van der Waals surface area (Å²) in [7, 11) is 0. The standard InChI is InChI=1S/C13H26O3/c1-4-14-13(15-5-2)10-16-12-9-7-6-8-11(12)3/h11-13H,4-10H2,1-3H3. The fourth-order valence-electron chi connectivity index (χ4n) is 2.25. The van der Waals surface area contributed by atoms with E-state index >= 15 is 0 Å². The molecule has 0 aliphatic heterocycles. The van der Waals surface area contributed by atoms with E-state index in [4.69, 9.17) is 14.2 Å². The molecule has 0 saturated heterocycles. The van der Waals surface area contributed by atoms with Crippen molar-refractivity contribution < 1.29 is 14.2 Å². The lowest BCUT2D eigenvalue weighted by Crippen LogP contribution is -2.31. The number of ether oxygens (including phenoxy) is 3. The van der Waals surface area contributed by atoms with E-state index in [1.54, 1.807) is 0 Å². The highest BCUT2D eigenvalue weighted by Crippen LogP contribution is 2.26. The fraction of sp³-hybridized carbons (Fsp3) is 1.00. The van der Waals surface area contributed by atoms with Gasteiger partial charge in [0, 0.05) is 13.2 Å². The van der Waals surface area contributed by atoms with Crippen molar-refractivity contribution in [3.63, 3.8) is 0 Å². The molecule has 0 N–H and O–H groups in total. The van der Waals surface area contributed by atoms with E-state index in [9.17, 15) is 0 Å². The van der Waals surface area contributed by atoms with Crippen LogP contribution in [-0.4, -0.2) is 32.2 Å². The van der Waals surface area contributed by atoms with Gasteiger partial charge < -0.3 is 14.2 Å². The zero-order chi connectivity index (χ0) is 11.8. The van der Waals surface area contributed by atoms with E-state index in [2.05, 4.69) is 6.92 Å². The van der Waals surface area contributed by atoms with Crippen LogP contribution in [0.25, 0.3) is 0 Å². The van der Waals surface area contributed by atoms with Crippen LogP contribution in [0.15, 0.2) is 0 Å². The minimum absolute atomic E-state index is 0.191. The Morgan fingerprint density at radius 3 is 2.25 bits per heavy atom. The normalized spacial score (nSPS) is 26.2. The third kappa shape index (κ3) is 4.81. The van der Waals surface area contributed by atoms with Crippen LogP contribution < -0.4 is 0 Å². The van der Waals surface area contributed by atoms with Crippen LogP contribution in [0.1, 0.15) is 46.5 Å². The molecule has 1 aliphatic carbocycles. The van der Waals surface area contributed by atoms with Crippen molar-refractivity contribution in [2.24, 2.45) is 5.92 Å². The average molecular weight is 230 g/mol. The molecular formula is C13H26O3. The largest absolute Gasteiger partial charge is 0.373 e. The lowest BCUT2D eigenvalue weighted by Gasteiger charge is -2.30. The minimum atomic E-state index is -0.191. The van der Waals surface area contributed by atoms with Gasteiger partial charge in [-0.25, -0.2) is 0 Å². The summed E-state index contributed by atoms with van der Waals surface area (Å²) in [5.74, 6) is 0.678. The van der Waals surface area contributed by atoms with Crippen LogP contribution in [0.4, 0.5) is 0 Å². The predicted octanol–water partition coefficient (Wildman–Crippen LogP) is 2.98. The van der Waals surface area contributed by atoms with Crippen LogP contribution >= 0.6 is 0 Å². The zero-order valence-corrected chi connectivity index (χ0v) is 10.9. The van der Waals surface area contributed by atoms with Crippen LogP contribution in [0.2, 0.25) is 0 Å². The first-order chi connectivity index (χ1) is 7.77. The molecule has 0 aromatic carbocycles. The predicted molar refractivity (Wildman–Crippen MR) is 64.4 cm³/mol. The number of hydrogen-bond donors (Lipinski definition) is 0. The molecule has 0 radical (unpaired) electrons. The molecule has 2 atom stereocenters. The second-order valence-corrected chi connectivity index (χ2v) is 4.47. The van der Waals surface area contributed by atoms with Crippen molar-refractivity contribution in [3.8, 4) is 0 Å². The minimum Gasteiger partial charge on any atom is -0.373 e. The smallest absolute Gasteiger partial charge is 0.180 e.